The van der Waals surface area contributed by atoms with Gasteiger partial charge in [-0.3, -0.25) is 9.59 Å². The van der Waals surface area contributed by atoms with Crippen molar-refractivity contribution in [2.45, 2.75) is 12.5 Å². The lowest BCUT2D eigenvalue weighted by Crippen LogP contribution is -2.23. The smallest absolute Gasteiger partial charge is 0.307 e. The van der Waals surface area contributed by atoms with E-state index >= 15 is 0 Å². The monoisotopic (exact) mass is 232 g/mol. The highest BCUT2D eigenvalue weighted by atomic mass is 16.5. The fourth-order valence-electron chi connectivity index (χ4n) is 1.40. The predicted molar refractivity (Wildman–Crippen MR) is 59.7 cm³/mol. The van der Waals surface area contributed by atoms with Crippen molar-refractivity contribution < 1.29 is 14.3 Å². The SMILES string of the molecule is COC(=O)CC(NC=O)c1ccc(C#N)cc1. The largest absolute Gasteiger partial charge is 0.469 e. The fraction of sp³-hybridized carbons (Fsp3) is 0.250. The van der Waals surface area contributed by atoms with E-state index in [0.29, 0.717) is 12.0 Å². The number of nitrogens with zero attached hydrogens (tertiary/aromatic N) is 1. The summed E-state index contributed by atoms with van der Waals surface area (Å²) in [5, 5.41) is 11.2. The molecule has 0 radical (unpaired) electrons. The molecule has 0 fully saturated rings. The van der Waals surface area contributed by atoms with Gasteiger partial charge in [0.15, 0.2) is 0 Å². The molecule has 0 aromatic heterocycles. The summed E-state index contributed by atoms with van der Waals surface area (Å²) in [6.07, 6.45) is 0.590. The van der Waals surface area contributed by atoms with Crippen molar-refractivity contribution in [2.24, 2.45) is 0 Å². The molecule has 0 spiro atoms. The molecule has 0 saturated carbocycles. The lowest BCUT2D eigenvalue weighted by atomic mass is 10.0. The molecule has 1 aromatic carbocycles. The summed E-state index contributed by atoms with van der Waals surface area (Å²) in [5.41, 5.74) is 1.28. The second-order valence-electron chi connectivity index (χ2n) is 3.35. The molecule has 88 valence electrons. The lowest BCUT2D eigenvalue weighted by Gasteiger charge is -2.15. The van der Waals surface area contributed by atoms with Crippen LogP contribution in [0.1, 0.15) is 23.6 Å². The molecule has 1 aromatic rings. The zero-order valence-electron chi connectivity index (χ0n) is 9.34. The quantitative estimate of drug-likeness (QED) is 0.604. The number of rotatable bonds is 5. The van der Waals surface area contributed by atoms with Gasteiger partial charge in [0.05, 0.1) is 31.2 Å². The Morgan fingerprint density at radius 1 is 1.53 bits per heavy atom. The number of carbonyl (C=O) groups excluding carboxylic acids is 2. The van der Waals surface area contributed by atoms with E-state index < -0.39 is 12.0 Å². The number of hydrogen-bond acceptors (Lipinski definition) is 4. The van der Waals surface area contributed by atoms with Crippen LogP contribution in [0.2, 0.25) is 0 Å². The summed E-state index contributed by atoms with van der Waals surface area (Å²) in [6.45, 7) is 0. The first-order chi connectivity index (χ1) is 8.21. The van der Waals surface area contributed by atoms with E-state index in [0.717, 1.165) is 5.56 Å². The van der Waals surface area contributed by atoms with Crippen molar-refractivity contribution in [1.82, 2.24) is 5.32 Å². The summed E-state index contributed by atoms with van der Waals surface area (Å²) < 4.78 is 4.55. The van der Waals surface area contributed by atoms with Crippen molar-refractivity contribution in [3.8, 4) is 6.07 Å². The van der Waals surface area contributed by atoms with Crippen LogP contribution in [-0.2, 0) is 14.3 Å². The number of methoxy groups -OCH3 is 1. The van der Waals surface area contributed by atoms with E-state index in [1.165, 1.54) is 7.11 Å². The van der Waals surface area contributed by atoms with Gasteiger partial charge in [0.25, 0.3) is 0 Å². The highest BCUT2D eigenvalue weighted by Gasteiger charge is 2.15. The van der Waals surface area contributed by atoms with E-state index in [-0.39, 0.29) is 6.42 Å². The Morgan fingerprint density at radius 2 is 2.18 bits per heavy atom. The minimum atomic E-state index is -0.437. The number of nitriles is 1. The standard InChI is InChI=1S/C12H12N2O3/c1-17-12(16)6-11(14-8-15)10-4-2-9(7-13)3-5-10/h2-5,8,11H,6H2,1H3,(H,14,15). The van der Waals surface area contributed by atoms with Crippen LogP contribution in [0.4, 0.5) is 0 Å². The Bertz CT molecular complexity index is 434. The van der Waals surface area contributed by atoms with E-state index in [1.807, 2.05) is 6.07 Å². The van der Waals surface area contributed by atoms with Crippen LogP contribution in [0.25, 0.3) is 0 Å². The molecule has 5 nitrogen and oxygen atoms in total. The third kappa shape index (κ3) is 3.61. The number of amides is 1. The average molecular weight is 232 g/mol. The zero-order valence-corrected chi connectivity index (χ0v) is 9.34. The molecule has 0 aliphatic rings. The van der Waals surface area contributed by atoms with Crippen LogP contribution in [0.15, 0.2) is 24.3 Å². The van der Waals surface area contributed by atoms with E-state index in [1.54, 1.807) is 24.3 Å². The number of ether oxygens (including phenoxy) is 1. The molecule has 0 aliphatic carbocycles. The maximum absolute atomic E-state index is 11.2. The van der Waals surface area contributed by atoms with Gasteiger partial charge in [0.2, 0.25) is 6.41 Å². The Labute approximate surface area is 99.0 Å². The molecule has 0 saturated heterocycles. The van der Waals surface area contributed by atoms with Crippen molar-refractivity contribution in [3.05, 3.63) is 35.4 Å². The van der Waals surface area contributed by atoms with Crippen LogP contribution in [-0.4, -0.2) is 19.5 Å². The molecule has 0 heterocycles. The van der Waals surface area contributed by atoms with Gasteiger partial charge in [0, 0.05) is 0 Å². The van der Waals surface area contributed by atoms with Crippen LogP contribution in [0, 0.1) is 11.3 Å². The van der Waals surface area contributed by atoms with Gasteiger partial charge in [-0.2, -0.15) is 5.26 Å². The molecule has 1 atom stereocenters. The molecular formula is C12H12N2O3. The van der Waals surface area contributed by atoms with Crippen LogP contribution in [0.5, 0.6) is 0 Å². The lowest BCUT2D eigenvalue weighted by molar-refractivity contribution is -0.141. The van der Waals surface area contributed by atoms with Crippen LogP contribution < -0.4 is 5.32 Å². The highest BCUT2D eigenvalue weighted by molar-refractivity contribution is 5.70. The summed E-state index contributed by atoms with van der Waals surface area (Å²) in [6, 6.07) is 8.21. The van der Waals surface area contributed by atoms with Gasteiger partial charge in [-0.15, -0.1) is 0 Å². The van der Waals surface area contributed by atoms with Gasteiger partial charge < -0.3 is 10.1 Å². The minimum Gasteiger partial charge on any atom is -0.469 e. The highest BCUT2D eigenvalue weighted by Crippen LogP contribution is 2.17. The summed E-state index contributed by atoms with van der Waals surface area (Å²) in [4.78, 5) is 21.6. The molecule has 0 aliphatic heterocycles. The Balaban J connectivity index is 2.85. The van der Waals surface area contributed by atoms with Gasteiger partial charge in [0.1, 0.15) is 0 Å². The van der Waals surface area contributed by atoms with Crippen molar-refractivity contribution in [2.75, 3.05) is 7.11 Å². The Morgan fingerprint density at radius 3 is 2.65 bits per heavy atom. The van der Waals surface area contributed by atoms with E-state index in [2.05, 4.69) is 10.1 Å². The molecule has 1 rings (SSSR count). The summed E-state index contributed by atoms with van der Waals surface area (Å²) >= 11 is 0. The first-order valence-electron chi connectivity index (χ1n) is 4.97. The molecule has 5 heteroatoms. The molecular weight excluding hydrogens is 220 g/mol. The summed E-state index contributed by atoms with van der Waals surface area (Å²) in [7, 11) is 1.29. The molecule has 17 heavy (non-hydrogen) atoms. The second kappa shape index (κ2) is 6.28. The third-order valence-corrected chi connectivity index (χ3v) is 2.31. The zero-order chi connectivity index (χ0) is 12.7. The second-order valence-corrected chi connectivity index (χ2v) is 3.35. The number of esters is 1. The molecule has 1 unspecified atom stereocenters. The first-order valence-corrected chi connectivity index (χ1v) is 4.97. The number of hydrogen-bond donors (Lipinski definition) is 1. The molecule has 1 amide bonds. The Hall–Kier alpha value is -2.35. The van der Waals surface area contributed by atoms with E-state index in [4.69, 9.17) is 5.26 Å². The number of benzene rings is 1. The van der Waals surface area contributed by atoms with Crippen molar-refractivity contribution in [1.29, 1.82) is 5.26 Å². The van der Waals surface area contributed by atoms with Gasteiger partial charge >= 0.3 is 5.97 Å². The summed E-state index contributed by atoms with van der Waals surface area (Å²) in [5.74, 6) is -0.409. The average Bonchev–Trinajstić information content (AvgIpc) is 2.38. The Kier molecular flexibility index (Phi) is 4.70. The van der Waals surface area contributed by atoms with Crippen LogP contribution >= 0.6 is 0 Å². The first kappa shape index (κ1) is 12.7. The topological polar surface area (TPSA) is 79.2 Å². The predicted octanol–water partition coefficient (Wildman–Crippen LogP) is 0.908. The van der Waals surface area contributed by atoms with Gasteiger partial charge in [-0.25, -0.2) is 0 Å². The fourth-order valence-corrected chi connectivity index (χ4v) is 1.40. The van der Waals surface area contributed by atoms with Crippen LogP contribution in [0.3, 0.4) is 0 Å². The van der Waals surface area contributed by atoms with Gasteiger partial charge in [-0.1, -0.05) is 12.1 Å². The molecule has 0 bridgehead atoms. The number of carbonyl (C=O) groups is 2. The van der Waals surface area contributed by atoms with Crippen molar-refractivity contribution >= 4 is 12.4 Å². The van der Waals surface area contributed by atoms with Gasteiger partial charge in [-0.05, 0) is 17.7 Å². The van der Waals surface area contributed by atoms with E-state index in [9.17, 15) is 9.59 Å². The normalized spacial score (nSPS) is 11.1. The molecule has 1 N–H and O–H groups in total. The minimum absolute atomic E-state index is 0.0567. The maximum Gasteiger partial charge on any atom is 0.307 e. The number of nitrogens with one attached hydrogen (secondary N) is 1. The third-order valence-electron chi connectivity index (χ3n) is 2.31. The van der Waals surface area contributed by atoms with Crippen molar-refractivity contribution in [3.63, 3.8) is 0 Å². The maximum atomic E-state index is 11.2.